The van der Waals surface area contributed by atoms with E-state index in [0.717, 1.165) is 0 Å². The van der Waals surface area contributed by atoms with Crippen LogP contribution in [-0.2, 0) is 0 Å². The molecule has 4 N–H and O–H groups in total. The first kappa shape index (κ1) is 6.70. The van der Waals surface area contributed by atoms with Crippen molar-refractivity contribution in [1.29, 1.82) is 0 Å². The summed E-state index contributed by atoms with van der Waals surface area (Å²) in [6, 6.07) is 0. The van der Waals surface area contributed by atoms with E-state index in [9.17, 15) is 0 Å². The van der Waals surface area contributed by atoms with Crippen molar-refractivity contribution >= 4 is 0 Å². The highest BCUT2D eigenvalue weighted by molar-refractivity contribution is 5.01. The van der Waals surface area contributed by atoms with Gasteiger partial charge in [-0.15, -0.1) is 0 Å². The van der Waals surface area contributed by atoms with Gasteiger partial charge >= 0.3 is 0 Å². The highest BCUT2D eigenvalue weighted by Gasteiger charge is 2.22. The quantitative estimate of drug-likeness (QED) is 0.374. The van der Waals surface area contributed by atoms with Gasteiger partial charge < -0.3 is 15.9 Å². The predicted molar refractivity (Wildman–Crippen MR) is 32.0 cm³/mol. The molecule has 0 saturated heterocycles. The summed E-state index contributed by atoms with van der Waals surface area (Å²) < 4.78 is 0. The van der Waals surface area contributed by atoms with Crippen LogP contribution in [-0.4, -0.2) is 34.2 Å². The first-order chi connectivity index (χ1) is 4.25. The highest BCUT2D eigenvalue weighted by Crippen LogP contribution is 2.09. The molecule has 0 aliphatic carbocycles. The van der Waals surface area contributed by atoms with Crippen LogP contribution >= 0.6 is 0 Å². The molecule has 9 heavy (non-hydrogen) atoms. The first-order valence-corrected chi connectivity index (χ1v) is 2.76. The van der Waals surface area contributed by atoms with Crippen molar-refractivity contribution in [3.05, 3.63) is 12.2 Å². The minimum atomic E-state index is -0.718. The zero-order valence-corrected chi connectivity index (χ0v) is 4.94. The van der Waals surface area contributed by atoms with Gasteiger partial charge in [-0.1, -0.05) is 0 Å². The van der Waals surface area contributed by atoms with Crippen LogP contribution in [0, 0.1) is 0 Å². The lowest BCUT2D eigenvalue weighted by molar-refractivity contribution is -0.0376. The van der Waals surface area contributed by atoms with E-state index in [4.69, 9.17) is 15.9 Å². The highest BCUT2D eigenvalue weighted by atomic mass is 16.3. The number of aliphatic hydroxyl groups excluding tert-OH is 2. The maximum Gasteiger partial charge on any atom is 0.129 e. The fourth-order valence-corrected chi connectivity index (χ4v) is 0.792. The molecule has 1 rings (SSSR count). The van der Waals surface area contributed by atoms with Crippen molar-refractivity contribution in [3.63, 3.8) is 0 Å². The summed E-state index contributed by atoms with van der Waals surface area (Å²) in [5.41, 5.74) is 5.18. The number of hydrogen-bond donors (Lipinski definition) is 3. The van der Waals surface area contributed by atoms with Gasteiger partial charge in [0.25, 0.3) is 0 Å². The Morgan fingerprint density at radius 3 is 2.00 bits per heavy atom. The Kier molecular flexibility index (Phi) is 1.82. The van der Waals surface area contributed by atoms with Crippen LogP contribution in [0.3, 0.4) is 0 Å². The third kappa shape index (κ3) is 1.11. The van der Waals surface area contributed by atoms with E-state index in [1.54, 1.807) is 0 Å². The smallest absolute Gasteiger partial charge is 0.129 e. The zero-order chi connectivity index (χ0) is 6.85. The van der Waals surface area contributed by atoms with E-state index < -0.39 is 12.5 Å². The predicted octanol–water partition coefficient (Wildman–Crippen LogP) is -1.59. The van der Waals surface area contributed by atoms with E-state index in [1.807, 2.05) is 0 Å². The summed E-state index contributed by atoms with van der Waals surface area (Å²) in [7, 11) is 0. The number of nitrogens with zero attached hydrogens (tertiary/aromatic N) is 1. The van der Waals surface area contributed by atoms with Gasteiger partial charge in [0, 0.05) is 0 Å². The summed E-state index contributed by atoms with van der Waals surface area (Å²) in [5.74, 6) is 0. The summed E-state index contributed by atoms with van der Waals surface area (Å²) in [5, 5.41) is 17.9. The molecule has 0 amide bonds. The third-order valence-electron chi connectivity index (χ3n) is 1.35. The van der Waals surface area contributed by atoms with Crippen molar-refractivity contribution in [3.8, 4) is 0 Å². The second-order valence-corrected chi connectivity index (χ2v) is 1.91. The van der Waals surface area contributed by atoms with E-state index >= 15 is 0 Å². The number of aliphatic hydroxyl groups is 2. The Morgan fingerprint density at radius 2 is 1.78 bits per heavy atom. The SMILES string of the molecule is NCN1C(O)C=CC1O. The molecule has 1 aliphatic heterocycles. The zero-order valence-electron chi connectivity index (χ0n) is 4.94. The minimum absolute atomic E-state index is 0.162. The molecular formula is C5H10N2O2. The minimum Gasteiger partial charge on any atom is -0.375 e. The molecule has 4 heteroatoms. The standard InChI is InChI=1S/C5H10N2O2/c6-3-7-4(8)1-2-5(7)9/h1-2,4-5,8-9H,3,6H2. The van der Waals surface area contributed by atoms with Crippen molar-refractivity contribution in [2.45, 2.75) is 12.5 Å². The van der Waals surface area contributed by atoms with Crippen LogP contribution in [0.5, 0.6) is 0 Å². The molecule has 1 aliphatic rings. The molecule has 0 spiro atoms. The normalized spacial score (nSPS) is 35.9. The average molecular weight is 130 g/mol. The van der Waals surface area contributed by atoms with Crippen LogP contribution in [0.25, 0.3) is 0 Å². The molecule has 0 radical (unpaired) electrons. The molecular weight excluding hydrogens is 120 g/mol. The Hall–Kier alpha value is -0.420. The van der Waals surface area contributed by atoms with Crippen LogP contribution < -0.4 is 5.73 Å². The van der Waals surface area contributed by atoms with Crippen LogP contribution in [0.1, 0.15) is 0 Å². The monoisotopic (exact) mass is 130 g/mol. The Morgan fingerprint density at radius 1 is 1.33 bits per heavy atom. The second kappa shape index (κ2) is 2.45. The summed E-state index contributed by atoms with van der Waals surface area (Å²) in [6.07, 6.45) is 1.56. The summed E-state index contributed by atoms with van der Waals surface area (Å²) in [6.45, 7) is 0.162. The molecule has 4 nitrogen and oxygen atoms in total. The largest absolute Gasteiger partial charge is 0.375 e. The second-order valence-electron chi connectivity index (χ2n) is 1.91. The molecule has 2 atom stereocenters. The van der Waals surface area contributed by atoms with Gasteiger partial charge in [-0.05, 0) is 12.2 Å². The van der Waals surface area contributed by atoms with Crippen molar-refractivity contribution < 1.29 is 10.2 Å². The maximum atomic E-state index is 8.96. The molecule has 1 heterocycles. The van der Waals surface area contributed by atoms with Crippen LogP contribution in [0.15, 0.2) is 12.2 Å². The van der Waals surface area contributed by atoms with Crippen molar-refractivity contribution in [2.24, 2.45) is 5.73 Å². The Balaban J connectivity index is 2.53. The fraction of sp³-hybridized carbons (Fsp3) is 0.600. The average Bonchev–Trinajstić information content (AvgIpc) is 2.12. The van der Waals surface area contributed by atoms with Gasteiger partial charge in [-0.3, -0.25) is 0 Å². The molecule has 0 aromatic carbocycles. The molecule has 0 fully saturated rings. The van der Waals surface area contributed by atoms with Gasteiger partial charge in [-0.2, -0.15) is 0 Å². The number of rotatable bonds is 1. The molecule has 2 unspecified atom stereocenters. The van der Waals surface area contributed by atoms with Gasteiger partial charge in [-0.25, -0.2) is 4.90 Å². The molecule has 0 saturated carbocycles. The molecule has 0 aromatic heterocycles. The fourth-order valence-electron chi connectivity index (χ4n) is 0.792. The van der Waals surface area contributed by atoms with E-state index in [2.05, 4.69) is 0 Å². The Labute approximate surface area is 53.2 Å². The summed E-state index contributed by atoms with van der Waals surface area (Å²) in [4.78, 5) is 1.35. The first-order valence-electron chi connectivity index (χ1n) is 2.76. The molecule has 52 valence electrons. The molecule has 0 aromatic rings. The van der Waals surface area contributed by atoms with Crippen molar-refractivity contribution in [2.75, 3.05) is 6.67 Å². The maximum absolute atomic E-state index is 8.96. The van der Waals surface area contributed by atoms with Gasteiger partial charge in [0.05, 0.1) is 6.67 Å². The Bertz CT molecular complexity index is 114. The molecule has 0 bridgehead atoms. The van der Waals surface area contributed by atoms with Gasteiger partial charge in [0.2, 0.25) is 0 Å². The van der Waals surface area contributed by atoms with Gasteiger partial charge in [0.1, 0.15) is 12.5 Å². The third-order valence-corrected chi connectivity index (χ3v) is 1.35. The number of hydrogen-bond acceptors (Lipinski definition) is 4. The number of nitrogens with two attached hydrogens (primary N) is 1. The van der Waals surface area contributed by atoms with E-state index in [-0.39, 0.29) is 6.67 Å². The van der Waals surface area contributed by atoms with Crippen LogP contribution in [0.2, 0.25) is 0 Å². The lowest BCUT2D eigenvalue weighted by atomic mass is 10.5. The van der Waals surface area contributed by atoms with E-state index in [0.29, 0.717) is 0 Å². The van der Waals surface area contributed by atoms with Crippen molar-refractivity contribution in [1.82, 2.24) is 4.90 Å². The van der Waals surface area contributed by atoms with E-state index in [1.165, 1.54) is 17.1 Å². The van der Waals surface area contributed by atoms with Crippen LogP contribution in [0.4, 0.5) is 0 Å². The lowest BCUT2D eigenvalue weighted by Gasteiger charge is -2.20. The topological polar surface area (TPSA) is 69.7 Å². The van der Waals surface area contributed by atoms with Gasteiger partial charge in [0.15, 0.2) is 0 Å². The lowest BCUT2D eigenvalue weighted by Crippen LogP contribution is -2.40. The summed E-state index contributed by atoms with van der Waals surface area (Å²) >= 11 is 0.